The Bertz CT molecular complexity index is 695. The lowest BCUT2D eigenvalue weighted by atomic mass is 10.1. The van der Waals surface area contributed by atoms with Crippen molar-refractivity contribution in [2.24, 2.45) is 0 Å². The first-order valence-electron chi connectivity index (χ1n) is 9.59. The molecule has 0 aromatic heterocycles. The zero-order valence-corrected chi connectivity index (χ0v) is 15.3. The van der Waals surface area contributed by atoms with Crippen LogP contribution in [0.3, 0.4) is 0 Å². The molecule has 2 atom stereocenters. The number of urea groups is 1. The number of ether oxygens (including phenoxy) is 1. The van der Waals surface area contributed by atoms with Gasteiger partial charge in [0, 0.05) is 57.1 Å². The molecule has 0 saturated carbocycles. The molecule has 3 heterocycles. The number of hydrogen-bond donors (Lipinski definition) is 2. The third kappa shape index (κ3) is 3.86. The molecule has 2 N–H and O–H groups in total. The van der Waals surface area contributed by atoms with Crippen LogP contribution in [0, 0.1) is 0 Å². The first-order chi connectivity index (χ1) is 13.1. The Labute approximate surface area is 158 Å². The van der Waals surface area contributed by atoms with Gasteiger partial charge in [0.1, 0.15) is 0 Å². The van der Waals surface area contributed by atoms with Gasteiger partial charge in [-0.2, -0.15) is 0 Å². The first-order valence-corrected chi connectivity index (χ1v) is 9.59. The molecule has 4 rings (SSSR count). The number of carbonyl (C=O) groups is 2. The standard InChI is InChI=1S/C19H26N4O4/c24-18(25)6-5-17-13-21(9-10-27-17)14-1-3-15(4-2-14)23-12-16-11-20-7-8-22(16)19(23)26/h1-4,16-17,20H,5-13H2,(H,24,25)/t16-,17+/m0/s1. The van der Waals surface area contributed by atoms with E-state index in [1.54, 1.807) is 0 Å². The maximum absolute atomic E-state index is 12.6. The van der Waals surface area contributed by atoms with Crippen LogP contribution in [0.25, 0.3) is 0 Å². The molecule has 8 heteroatoms. The van der Waals surface area contributed by atoms with Crippen molar-refractivity contribution in [1.29, 1.82) is 0 Å². The lowest BCUT2D eigenvalue weighted by molar-refractivity contribution is -0.137. The van der Waals surface area contributed by atoms with E-state index in [0.717, 1.165) is 44.1 Å². The number of hydrogen-bond acceptors (Lipinski definition) is 5. The summed E-state index contributed by atoms with van der Waals surface area (Å²) in [5.41, 5.74) is 2.00. The van der Waals surface area contributed by atoms with Gasteiger partial charge >= 0.3 is 12.0 Å². The highest BCUT2D eigenvalue weighted by molar-refractivity contribution is 5.95. The Hall–Kier alpha value is -2.32. The first kappa shape index (κ1) is 18.1. The minimum absolute atomic E-state index is 0.0573. The van der Waals surface area contributed by atoms with Gasteiger partial charge in [0.2, 0.25) is 0 Å². The van der Waals surface area contributed by atoms with Crippen molar-refractivity contribution in [3.63, 3.8) is 0 Å². The van der Waals surface area contributed by atoms with Crippen LogP contribution in [0.15, 0.2) is 24.3 Å². The molecule has 2 amide bonds. The number of morpholine rings is 1. The molecule has 0 unspecified atom stereocenters. The second-order valence-corrected chi connectivity index (χ2v) is 7.33. The zero-order chi connectivity index (χ0) is 18.8. The molecule has 1 aromatic carbocycles. The largest absolute Gasteiger partial charge is 0.481 e. The van der Waals surface area contributed by atoms with Crippen LogP contribution in [-0.4, -0.2) is 80.0 Å². The molecule has 0 bridgehead atoms. The van der Waals surface area contributed by atoms with Gasteiger partial charge < -0.3 is 25.0 Å². The van der Waals surface area contributed by atoms with Gasteiger partial charge in [-0.05, 0) is 30.7 Å². The fourth-order valence-corrected chi connectivity index (χ4v) is 4.09. The fourth-order valence-electron chi connectivity index (χ4n) is 4.09. The Balaban J connectivity index is 1.40. The van der Waals surface area contributed by atoms with E-state index in [9.17, 15) is 9.59 Å². The number of anilines is 2. The van der Waals surface area contributed by atoms with Crippen LogP contribution in [0.2, 0.25) is 0 Å². The van der Waals surface area contributed by atoms with Gasteiger partial charge in [-0.15, -0.1) is 0 Å². The summed E-state index contributed by atoms with van der Waals surface area (Å²) in [6.45, 7) is 5.27. The zero-order valence-electron chi connectivity index (χ0n) is 15.3. The Morgan fingerprint density at radius 3 is 2.70 bits per heavy atom. The lowest BCUT2D eigenvalue weighted by Gasteiger charge is -2.34. The molecule has 8 nitrogen and oxygen atoms in total. The minimum atomic E-state index is -0.790. The van der Waals surface area contributed by atoms with E-state index in [1.807, 2.05) is 34.1 Å². The van der Waals surface area contributed by atoms with Crippen LogP contribution in [0.4, 0.5) is 16.2 Å². The maximum atomic E-state index is 12.6. The van der Waals surface area contributed by atoms with Gasteiger partial charge in [-0.3, -0.25) is 9.69 Å². The number of benzene rings is 1. The molecule has 27 heavy (non-hydrogen) atoms. The summed E-state index contributed by atoms with van der Waals surface area (Å²) >= 11 is 0. The average Bonchev–Trinajstić information content (AvgIpc) is 3.04. The van der Waals surface area contributed by atoms with Crippen molar-refractivity contribution in [1.82, 2.24) is 10.2 Å². The van der Waals surface area contributed by atoms with Crippen LogP contribution < -0.4 is 15.1 Å². The van der Waals surface area contributed by atoms with Crippen molar-refractivity contribution in [2.45, 2.75) is 25.0 Å². The van der Waals surface area contributed by atoms with Gasteiger partial charge in [0.15, 0.2) is 0 Å². The van der Waals surface area contributed by atoms with Crippen LogP contribution >= 0.6 is 0 Å². The molecular formula is C19H26N4O4. The van der Waals surface area contributed by atoms with Crippen molar-refractivity contribution in [3.05, 3.63) is 24.3 Å². The van der Waals surface area contributed by atoms with Crippen molar-refractivity contribution < 1.29 is 19.4 Å². The number of nitrogens with one attached hydrogen (secondary N) is 1. The summed E-state index contributed by atoms with van der Waals surface area (Å²) in [4.78, 5) is 29.5. The van der Waals surface area contributed by atoms with E-state index in [-0.39, 0.29) is 24.6 Å². The number of fused-ring (bicyclic) bond motifs is 1. The van der Waals surface area contributed by atoms with Gasteiger partial charge in [0.25, 0.3) is 0 Å². The average molecular weight is 374 g/mol. The van der Waals surface area contributed by atoms with Gasteiger partial charge in [-0.25, -0.2) is 4.79 Å². The molecule has 1 aromatic rings. The predicted octanol–water partition coefficient (Wildman–Crippen LogP) is 0.970. The van der Waals surface area contributed by atoms with Gasteiger partial charge in [0.05, 0.1) is 18.8 Å². The number of carbonyl (C=O) groups excluding carboxylic acids is 1. The fraction of sp³-hybridized carbons (Fsp3) is 0.579. The van der Waals surface area contributed by atoms with Crippen LogP contribution in [-0.2, 0) is 9.53 Å². The summed E-state index contributed by atoms with van der Waals surface area (Å²) in [7, 11) is 0. The SMILES string of the molecule is O=C(O)CC[C@@H]1CN(c2ccc(N3C[C@@H]4CNCCN4C3=O)cc2)CCO1. The van der Waals surface area contributed by atoms with Crippen molar-refractivity contribution >= 4 is 23.4 Å². The van der Waals surface area contributed by atoms with Crippen LogP contribution in [0.5, 0.6) is 0 Å². The predicted molar refractivity (Wildman–Crippen MR) is 101 cm³/mol. The Kier molecular flexibility index (Phi) is 5.18. The number of rotatable bonds is 5. The monoisotopic (exact) mass is 374 g/mol. The molecule has 0 radical (unpaired) electrons. The quantitative estimate of drug-likeness (QED) is 0.799. The second kappa shape index (κ2) is 7.74. The third-order valence-corrected chi connectivity index (χ3v) is 5.57. The molecule has 3 fully saturated rings. The molecule has 146 valence electrons. The molecule has 3 aliphatic heterocycles. The summed E-state index contributed by atoms with van der Waals surface area (Å²) in [5.74, 6) is -0.790. The minimum Gasteiger partial charge on any atom is -0.481 e. The van der Waals surface area contributed by atoms with E-state index in [0.29, 0.717) is 19.6 Å². The smallest absolute Gasteiger partial charge is 0.324 e. The summed E-state index contributed by atoms with van der Waals surface area (Å²) in [5, 5.41) is 12.2. The van der Waals surface area contributed by atoms with Gasteiger partial charge in [-0.1, -0.05) is 0 Å². The molecule has 3 saturated heterocycles. The van der Waals surface area contributed by atoms with E-state index < -0.39 is 5.97 Å². The van der Waals surface area contributed by atoms with E-state index in [4.69, 9.17) is 9.84 Å². The number of aliphatic carboxylic acids is 1. The highest BCUT2D eigenvalue weighted by Crippen LogP contribution is 2.28. The van der Waals surface area contributed by atoms with Crippen molar-refractivity contribution in [2.75, 3.05) is 55.7 Å². The van der Waals surface area contributed by atoms with E-state index in [2.05, 4.69) is 10.2 Å². The summed E-state index contributed by atoms with van der Waals surface area (Å²) in [6, 6.07) is 8.42. The molecule has 0 aliphatic carbocycles. The maximum Gasteiger partial charge on any atom is 0.324 e. The van der Waals surface area contributed by atoms with E-state index in [1.165, 1.54) is 0 Å². The highest BCUT2D eigenvalue weighted by atomic mass is 16.5. The number of nitrogens with zero attached hydrogens (tertiary/aromatic N) is 3. The molecule has 3 aliphatic rings. The van der Waals surface area contributed by atoms with E-state index >= 15 is 0 Å². The van der Waals surface area contributed by atoms with Crippen LogP contribution in [0.1, 0.15) is 12.8 Å². The summed E-state index contributed by atoms with van der Waals surface area (Å²) in [6.07, 6.45) is 0.594. The number of carboxylic acids is 1. The third-order valence-electron chi connectivity index (χ3n) is 5.57. The second-order valence-electron chi connectivity index (χ2n) is 7.33. The van der Waals surface area contributed by atoms with Crippen molar-refractivity contribution in [3.8, 4) is 0 Å². The topological polar surface area (TPSA) is 85.4 Å². The number of amides is 2. The molecular weight excluding hydrogens is 348 g/mol. The number of carboxylic acid groups (broad SMARTS) is 1. The lowest BCUT2D eigenvalue weighted by Crippen LogP contribution is -2.49. The summed E-state index contributed by atoms with van der Waals surface area (Å²) < 4.78 is 5.68. The highest BCUT2D eigenvalue weighted by Gasteiger charge is 2.39. The Morgan fingerprint density at radius 1 is 1.19 bits per heavy atom. The molecule has 0 spiro atoms. The number of piperazine rings is 1. The normalized spacial score (nSPS) is 25.6. The Morgan fingerprint density at radius 2 is 1.96 bits per heavy atom.